The Morgan fingerprint density at radius 3 is 2.80 bits per heavy atom. The lowest BCUT2D eigenvalue weighted by molar-refractivity contribution is 0.0442. The van der Waals surface area contributed by atoms with E-state index in [0.29, 0.717) is 6.04 Å². The van der Waals surface area contributed by atoms with Gasteiger partial charge in [-0.05, 0) is 32.4 Å². The van der Waals surface area contributed by atoms with Crippen molar-refractivity contribution in [2.24, 2.45) is 0 Å². The van der Waals surface area contributed by atoms with Crippen molar-refractivity contribution in [2.45, 2.75) is 58.6 Å². The van der Waals surface area contributed by atoms with Gasteiger partial charge in [0.05, 0.1) is 6.61 Å². The summed E-state index contributed by atoms with van der Waals surface area (Å²) in [7, 11) is 0. The first-order valence-corrected chi connectivity index (χ1v) is 7.81. The first kappa shape index (κ1) is 15.2. The maximum absolute atomic E-state index is 6.25. The third-order valence-electron chi connectivity index (χ3n) is 4.02. The second-order valence-electron chi connectivity index (χ2n) is 5.77. The van der Waals surface area contributed by atoms with Crippen molar-refractivity contribution in [3.63, 3.8) is 0 Å². The minimum absolute atomic E-state index is 0.0940. The number of rotatable bonds is 6. The molecule has 1 aliphatic rings. The van der Waals surface area contributed by atoms with Gasteiger partial charge >= 0.3 is 0 Å². The molecule has 0 fully saturated rings. The molecule has 0 amide bonds. The van der Waals surface area contributed by atoms with E-state index in [0.717, 1.165) is 43.9 Å². The minimum Gasteiger partial charge on any atom is -0.493 e. The molecule has 112 valence electrons. The summed E-state index contributed by atoms with van der Waals surface area (Å²) in [5.74, 6) is 1.88. The summed E-state index contributed by atoms with van der Waals surface area (Å²) in [5.41, 5.74) is 1.16. The zero-order valence-corrected chi connectivity index (χ0v) is 13.2. The maximum Gasteiger partial charge on any atom is 0.128 e. The Hall–Kier alpha value is -1.22. The van der Waals surface area contributed by atoms with E-state index in [2.05, 4.69) is 45.1 Å². The van der Waals surface area contributed by atoms with Crippen LogP contribution in [0.25, 0.3) is 0 Å². The molecule has 3 nitrogen and oxygen atoms in total. The first-order chi connectivity index (χ1) is 9.61. The number of fused-ring (bicyclic) bond motifs is 1. The van der Waals surface area contributed by atoms with E-state index in [1.165, 1.54) is 5.56 Å². The van der Waals surface area contributed by atoms with Gasteiger partial charge in [-0.15, -0.1) is 0 Å². The molecule has 0 spiro atoms. The second-order valence-corrected chi connectivity index (χ2v) is 5.77. The van der Waals surface area contributed by atoms with E-state index < -0.39 is 0 Å². The molecule has 2 atom stereocenters. The average molecular weight is 277 g/mol. The van der Waals surface area contributed by atoms with Gasteiger partial charge < -0.3 is 14.8 Å². The second kappa shape index (κ2) is 6.49. The van der Waals surface area contributed by atoms with Gasteiger partial charge in [0, 0.05) is 24.1 Å². The molecule has 0 aliphatic carbocycles. The van der Waals surface area contributed by atoms with Crippen molar-refractivity contribution in [3.05, 3.63) is 23.8 Å². The quantitative estimate of drug-likeness (QED) is 0.850. The van der Waals surface area contributed by atoms with Crippen LogP contribution in [0.5, 0.6) is 11.5 Å². The Morgan fingerprint density at radius 2 is 2.15 bits per heavy atom. The van der Waals surface area contributed by atoms with Gasteiger partial charge in [-0.25, -0.2) is 0 Å². The Kier molecular flexibility index (Phi) is 4.92. The molecular formula is C17H27NO2. The fourth-order valence-electron chi connectivity index (χ4n) is 2.69. The van der Waals surface area contributed by atoms with Crippen LogP contribution in [-0.2, 0) is 0 Å². The van der Waals surface area contributed by atoms with Crippen LogP contribution >= 0.6 is 0 Å². The summed E-state index contributed by atoms with van der Waals surface area (Å²) >= 11 is 0. The zero-order valence-electron chi connectivity index (χ0n) is 13.2. The van der Waals surface area contributed by atoms with Crippen molar-refractivity contribution in [3.8, 4) is 11.5 Å². The summed E-state index contributed by atoms with van der Waals surface area (Å²) in [6, 6.07) is 6.61. The molecule has 1 heterocycles. The van der Waals surface area contributed by atoms with Crippen LogP contribution in [0.1, 0.15) is 58.6 Å². The summed E-state index contributed by atoms with van der Waals surface area (Å²) in [6.45, 7) is 10.4. The number of benzene rings is 1. The first-order valence-electron chi connectivity index (χ1n) is 7.81. The highest BCUT2D eigenvalue weighted by atomic mass is 16.5. The Balaban J connectivity index is 2.28. The van der Waals surface area contributed by atoms with E-state index in [9.17, 15) is 0 Å². The zero-order chi connectivity index (χ0) is 14.6. The number of ether oxygens (including phenoxy) is 2. The predicted octanol–water partition coefficient (Wildman–Crippen LogP) is 4.08. The van der Waals surface area contributed by atoms with E-state index in [1.807, 2.05) is 6.07 Å². The molecule has 0 bridgehead atoms. The Labute approximate surface area is 122 Å². The smallest absolute Gasteiger partial charge is 0.128 e. The molecule has 1 N–H and O–H groups in total. The number of hydrogen-bond donors (Lipinski definition) is 1. The molecule has 1 aliphatic heterocycles. The van der Waals surface area contributed by atoms with E-state index in [-0.39, 0.29) is 5.60 Å². The third-order valence-corrected chi connectivity index (χ3v) is 4.02. The van der Waals surface area contributed by atoms with E-state index in [4.69, 9.17) is 9.47 Å². The van der Waals surface area contributed by atoms with Crippen LogP contribution in [0.2, 0.25) is 0 Å². The van der Waals surface area contributed by atoms with Crippen molar-refractivity contribution in [1.29, 1.82) is 0 Å². The van der Waals surface area contributed by atoms with Crippen LogP contribution in [0, 0.1) is 0 Å². The molecule has 0 saturated heterocycles. The van der Waals surface area contributed by atoms with Crippen LogP contribution in [0.15, 0.2) is 18.2 Å². The molecule has 20 heavy (non-hydrogen) atoms. The number of nitrogens with one attached hydrogen (secondary N) is 1. The Bertz CT molecular complexity index is 447. The molecule has 2 rings (SSSR count). The monoisotopic (exact) mass is 277 g/mol. The number of hydrogen-bond acceptors (Lipinski definition) is 3. The van der Waals surface area contributed by atoms with Gasteiger partial charge in [-0.3, -0.25) is 0 Å². The van der Waals surface area contributed by atoms with Gasteiger partial charge in [0.2, 0.25) is 0 Å². The maximum atomic E-state index is 6.25. The minimum atomic E-state index is -0.0940. The van der Waals surface area contributed by atoms with Gasteiger partial charge in [-0.2, -0.15) is 0 Å². The van der Waals surface area contributed by atoms with Crippen LogP contribution in [-0.4, -0.2) is 18.8 Å². The molecular weight excluding hydrogens is 250 g/mol. The average Bonchev–Trinajstić information content (AvgIpc) is 2.45. The lowest BCUT2D eigenvalue weighted by atomic mass is 9.86. The van der Waals surface area contributed by atoms with Crippen LogP contribution in [0.3, 0.4) is 0 Å². The largest absolute Gasteiger partial charge is 0.493 e. The van der Waals surface area contributed by atoms with Gasteiger partial charge in [0.1, 0.15) is 17.1 Å². The van der Waals surface area contributed by atoms with Crippen molar-refractivity contribution in [2.75, 3.05) is 13.2 Å². The van der Waals surface area contributed by atoms with Crippen LogP contribution < -0.4 is 14.8 Å². The van der Waals surface area contributed by atoms with Crippen molar-refractivity contribution in [1.82, 2.24) is 5.32 Å². The van der Waals surface area contributed by atoms with Gasteiger partial charge in [0.25, 0.3) is 0 Å². The summed E-state index contributed by atoms with van der Waals surface area (Å²) in [4.78, 5) is 0. The molecule has 0 saturated carbocycles. The van der Waals surface area contributed by atoms with Crippen molar-refractivity contribution >= 4 is 0 Å². The third kappa shape index (κ3) is 3.26. The van der Waals surface area contributed by atoms with E-state index >= 15 is 0 Å². The predicted molar refractivity (Wildman–Crippen MR) is 82.6 cm³/mol. The topological polar surface area (TPSA) is 30.5 Å². The molecule has 3 heteroatoms. The Morgan fingerprint density at radius 1 is 1.35 bits per heavy atom. The SMILES string of the molecule is CCCOc1ccc2c(c1)OC(C)(CC)CC2NCC. The highest BCUT2D eigenvalue weighted by Crippen LogP contribution is 2.42. The lowest BCUT2D eigenvalue weighted by Crippen LogP contribution is -2.41. The summed E-state index contributed by atoms with van der Waals surface area (Å²) in [5, 5.41) is 3.57. The molecule has 2 unspecified atom stereocenters. The van der Waals surface area contributed by atoms with Gasteiger partial charge in [0.15, 0.2) is 0 Å². The molecule has 1 aromatic carbocycles. The molecule has 1 aromatic rings. The highest BCUT2D eigenvalue weighted by Gasteiger charge is 2.35. The fraction of sp³-hybridized carbons (Fsp3) is 0.647. The fourth-order valence-corrected chi connectivity index (χ4v) is 2.69. The standard InChI is InChI=1S/C17H27NO2/c1-5-10-19-13-8-9-14-15(18-7-3)12-17(4,6-2)20-16(14)11-13/h8-9,11,15,18H,5-7,10,12H2,1-4H3. The van der Waals surface area contributed by atoms with Crippen LogP contribution in [0.4, 0.5) is 0 Å². The molecule has 0 radical (unpaired) electrons. The normalized spacial score (nSPS) is 24.9. The summed E-state index contributed by atoms with van der Waals surface area (Å²) in [6.07, 6.45) is 3.04. The lowest BCUT2D eigenvalue weighted by Gasteiger charge is -2.40. The summed E-state index contributed by atoms with van der Waals surface area (Å²) < 4.78 is 12.0. The van der Waals surface area contributed by atoms with Crippen molar-refractivity contribution < 1.29 is 9.47 Å². The van der Waals surface area contributed by atoms with Gasteiger partial charge in [-0.1, -0.05) is 26.8 Å². The highest BCUT2D eigenvalue weighted by molar-refractivity contribution is 5.44. The molecule has 0 aromatic heterocycles. The van der Waals surface area contributed by atoms with E-state index in [1.54, 1.807) is 0 Å².